The maximum atomic E-state index is 11.3. The van der Waals surface area contributed by atoms with Crippen molar-refractivity contribution in [2.45, 2.75) is 20.4 Å². The summed E-state index contributed by atoms with van der Waals surface area (Å²) in [5.74, 6) is 1.13. The van der Waals surface area contributed by atoms with Crippen LogP contribution in [0.4, 0.5) is 5.69 Å². The smallest absolute Gasteiger partial charge is 0.337 e. The fraction of sp³-hybridized carbons (Fsp3) is 0.286. The van der Waals surface area contributed by atoms with Crippen molar-refractivity contribution >= 4 is 11.7 Å². The lowest BCUT2D eigenvalue weighted by molar-refractivity contribution is 0.0601. The van der Waals surface area contributed by atoms with Crippen LogP contribution in [0.2, 0.25) is 0 Å². The van der Waals surface area contributed by atoms with Crippen LogP contribution in [-0.4, -0.2) is 18.1 Å². The van der Waals surface area contributed by atoms with Crippen LogP contribution in [0.25, 0.3) is 0 Å². The van der Waals surface area contributed by atoms with Crippen LogP contribution in [-0.2, 0) is 11.3 Å². The van der Waals surface area contributed by atoms with Crippen LogP contribution < -0.4 is 5.32 Å². The van der Waals surface area contributed by atoms with E-state index in [-0.39, 0.29) is 5.97 Å². The molecule has 1 aromatic carbocycles. The highest BCUT2D eigenvalue weighted by atomic mass is 16.5. The van der Waals surface area contributed by atoms with Gasteiger partial charge < -0.3 is 14.5 Å². The number of hydrogen-bond acceptors (Lipinski definition) is 5. The van der Waals surface area contributed by atoms with E-state index >= 15 is 0 Å². The van der Waals surface area contributed by atoms with E-state index in [0.717, 1.165) is 17.1 Å². The molecule has 0 fully saturated rings. The van der Waals surface area contributed by atoms with Crippen LogP contribution in [0, 0.1) is 13.8 Å². The van der Waals surface area contributed by atoms with Crippen molar-refractivity contribution in [2.24, 2.45) is 0 Å². The minimum absolute atomic E-state index is 0.342. The molecule has 1 aromatic heterocycles. The Balaban J connectivity index is 1.98. The molecular weight excluding hydrogens is 244 g/mol. The van der Waals surface area contributed by atoms with Crippen molar-refractivity contribution in [2.75, 3.05) is 12.4 Å². The Hall–Kier alpha value is -2.30. The fourth-order valence-electron chi connectivity index (χ4n) is 1.63. The number of aromatic nitrogens is 1. The molecule has 0 atom stereocenters. The largest absolute Gasteiger partial charge is 0.465 e. The average molecular weight is 260 g/mol. The zero-order valence-corrected chi connectivity index (χ0v) is 11.2. The maximum Gasteiger partial charge on any atom is 0.337 e. The van der Waals surface area contributed by atoms with Gasteiger partial charge in [-0.15, -0.1) is 0 Å². The number of hydrogen-bond donors (Lipinski definition) is 1. The Morgan fingerprint density at radius 3 is 2.53 bits per heavy atom. The van der Waals surface area contributed by atoms with Gasteiger partial charge in [-0.05, 0) is 38.1 Å². The van der Waals surface area contributed by atoms with Crippen LogP contribution in [0.1, 0.15) is 27.7 Å². The van der Waals surface area contributed by atoms with Gasteiger partial charge in [-0.3, -0.25) is 0 Å². The molecule has 5 heteroatoms. The predicted molar refractivity (Wildman–Crippen MR) is 71.1 cm³/mol. The van der Waals surface area contributed by atoms with E-state index in [1.807, 2.05) is 26.0 Å². The summed E-state index contributed by atoms with van der Waals surface area (Å²) in [5, 5.41) is 3.18. The van der Waals surface area contributed by atoms with E-state index in [1.54, 1.807) is 12.1 Å². The Bertz CT molecular complexity index is 553. The molecule has 0 aliphatic rings. The molecule has 0 saturated heterocycles. The number of methoxy groups -OCH3 is 1. The molecule has 0 amide bonds. The lowest BCUT2D eigenvalue weighted by atomic mass is 10.2. The molecule has 100 valence electrons. The van der Waals surface area contributed by atoms with Crippen molar-refractivity contribution in [3.63, 3.8) is 0 Å². The SMILES string of the molecule is COC(=O)c1ccc(NCc2nc(C)c(C)o2)cc1. The highest BCUT2D eigenvalue weighted by molar-refractivity contribution is 5.89. The summed E-state index contributed by atoms with van der Waals surface area (Å²) in [4.78, 5) is 15.6. The number of nitrogens with zero attached hydrogens (tertiary/aromatic N) is 1. The van der Waals surface area contributed by atoms with Crippen molar-refractivity contribution in [3.8, 4) is 0 Å². The van der Waals surface area contributed by atoms with Crippen LogP contribution in [0.15, 0.2) is 28.7 Å². The van der Waals surface area contributed by atoms with Gasteiger partial charge in [0, 0.05) is 5.69 Å². The minimum atomic E-state index is -0.342. The van der Waals surface area contributed by atoms with E-state index in [0.29, 0.717) is 18.0 Å². The van der Waals surface area contributed by atoms with Crippen LogP contribution in [0.5, 0.6) is 0 Å². The number of aryl methyl sites for hydroxylation is 2. The molecule has 5 nitrogen and oxygen atoms in total. The molecule has 0 saturated carbocycles. The van der Waals surface area contributed by atoms with E-state index < -0.39 is 0 Å². The van der Waals surface area contributed by atoms with Gasteiger partial charge in [0.1, 0.15) is 5.76 Å². The fourth-order valence-corrected chi connectivity index (χ4v) is 1.63. The standard InChI is InChI=1S/C14H16N2O3/c1-9-10(2)19-13(16-9)8-15-12-6-4-11(5-7-12)14(17)18-3/h4-7,15H,8H2,1-3H3. The Morgan fingerprint density at radius 2 is 2.00 bits per heavy atom. The van der Waals surface area contributed by atoms with Gasteiger partial charge in [0.15, 0.2) is 0 Å². The highest BCUT2D eigenvalue weighted by Gasteiger charge is 2.06. The highest BCUT2D eigenvalue weighted by Crippen LogP contribution is 2.13. The van der Waals surface area contributed by atoms with Gasteiger partial charge in [0.25, 0.3) is 0 Å². The first kappa shape index (κ1) is 13.1. The van der Waals surface area contributed by atoms with Crippen molar-refractivity contribution in [3.05, 3.63) is 47.2 Å². The third kappa shape index (κ3) is 3.13. The molecule has 0 spiro atoms. The van der Waals surface area contributed by atoms with Crippen LogP contribution in [0.3, 0.4) is 0 Å². The molecule has 19 heavy (non-hydrogen) atoms. The number of anilines is 1. The first-order chi connectivity index (χ1) is 9.10. The van der Waals surface area contributed by atoms with Crippen molar-refractivity contribution in [1.29, 1.82) is 0 Å². The van der Waals surface area contributed by atoms with Crippen molar-refractivity contribution in [1.82, 2.24) is 4.98 Å². The summed E-state index contributed by atoms with van der Waals surface area (Å²) in [7, 11) is 1.36. The Labute approximate surface area is 111 Å². The summed E-state index contributed by atoms with van der Waals surface area (Å²) in [5.41, 5.74) is 2.31. The summed E-state index contributed by atoms with van der Waals surface area (Å²) < 4.78 is 10.1. The topological polar surface area (TPSA) is 64.4 Å². The number of carbonyl (C=O) groups is 1. The number of oxazole rings is 1. The van der Waals surface area contributed by atoms with Gasteiger partial charge in [-0.2, -0.15) is 0 Å². The summed E-state index contributed by atoms with van der Waals surface area (Å²) in [6, 6.07) is 7.05. The number of nitrogens with one attached hydrogen (secondary N) is 1. The zero-order valence-electron chi connectivity index (χ0n) is 11.2. The first-order valence-corrected chi connectivity index (χ1v) is 5.95. The normalized spacial score (nSPS) is 10.3. The van der Waals surface area contributed by atoms with Gasteiger partial charge in [0.2, 0.25) is 5.89 Å². The molecule has 1 heterocycles. The second kappa shape index (κ2) is 5.56. The van der Waals surface area contributed by atoms with E-state index in [9.17, 15) is 4.79 Å². The zero-order chi connectivity index (χ0) is 13.8. The number of esters is 1. The number of ether oxygens (including phenoxy) is 1. The molecule has 0 aliphatic carbocycles. The minimum Gasteiger partial charge on any atom is -0.465 e. The molecule has 0 unspecified atom stereocenters. The molecule has 2 rings (SSSR count). The number of rotatable bonds is 4. The summed E-state index contributed by atoms with van der Waals surface area (Å²) in [6.45, 7) is 4.30. The summed E-state index contributed by atoms with van der Waals surface area (Å²) in [6.07, 6.45) is 0. The van der Waals surface area contributed by atoms with Crippen molar-refractivity contribution < 1.29 is 13.9 Å². The predicted octanol–water partition coefficient (Wildman–Crippen LogP) is 2.69. The molecular formula is C14H16N2O3. The first-order valence-electron chi connectivity index (χ1n) is 5.95. The average Bonchev–Trinajstić information content (AvgIpc) is 2.75. The van der Waals surface area contributed by atoms with Crippen LogP contribution >= 0.6 is 0 Å². The number of carbonyl (C=O) groups excluding carboxylic acids is 1. The van der Waals surface area contributed by atoms with E-state index in [1.165, 1.54) is 7.11 Å². The molecule has 2 aromatic rings. The molecule has 0 aliphatic heterocycles. The van der Waals surface area contributed by atoms with E-state index in [4.69, 9.17) is 4.42 Å². The van der Waals surface area contributed by atoms with Gasteiger partial charge >= 0.3 is 5.97 Å². The second-order valence-electron chi connectivity index (χ2n) is 4.17. The maximum absolute atomic E-state index is 11.3. The Morgan fingerprint density at radius 1 is 1.32 bits per heavy atom. The van der Waals surface area contributed by atoms with E-state index in [2.05, 4.69) is 15.0 Å². The van der Waals surface area contributed by atoms with Gasteiger partial charge in [0.05, 0.1) is 24.9 Å². The lowest BCUT2D eigenvalue weighted by Crippen LogP contribution is -2.02. The molecule has 0 radical (unpaired) electrons. The summed E-state index contributed by atoms with van der Waals surface area (Å²) >= 11 is 0. The second-order valence-corrected chi connectivity index (χ2v) is 4.17. The quantitative estimate of drug-likeness (QED) is 0.856. The lowest BCUT2D eigenvalue weighted by Gasteiger charge is -2.04. The number of benzene rings is 1. The monoisotopic (exact) mass is 260 g/mol. The van der Waals surface area contributed by atoms with Gasteiger partial charge in [-0.25, -0.2) is 9.78 Å². The third-order valence-corrected chi connectivity index (χ3v) is 2.82. The molecule has 1 N–H and O–H groups in total. The Kier molecular flexibility index (Phi) is 3.85. The third-order valence-electron chi connectivity index (χ3n) is 2.82. The molecule has 0 bridgehead atoms. The van der Waals surface area contributed by atoms with Gasteiger partial charge in [-0.1, -0.05) is 0 Å².